The summed E-state index contributed by atoms with van der Waals surface area (Å²) in [5, 5.41) is 12.1. The Morgan fingerprint density at radius 1 is 0.979 bits per heavy atom. The minimum Gasteiger partial charge on any atom is -0.462 e. The van der Waals surface area contributed by atoms with Gasteiger partial charge in [0.25, 0.3) is 0 Å². The zero-order valence-corrected chi connectivity index (χ0v) is 27.2. The molecule has 2 saturated heterocycles. The molecule has 3 atom stereocenters. The minimum absolute atomic E-state index is 0.154. The maximum atomic E-state index is 14.7. The van der Waals surface area contributed by atoms with E-state index in [0.717, 1.165) is 34.9 Å². The number of nitriles is 1. The van der Waals surface area contributed by atoms with E-state index in [-0.39, 0.29) is 37.7 Å². The second-order valence-corrected chi connectivity index (χ2v) is 12.8. The van der Waals surface area contributed by atoms with Gasteiger partial charge in [0, 0.05) is 49.4 Å². The first kappa shape index (κ1) is 31.6. The maximum Gasteiger partial charge on any atom is 0.410 e. The summed E-state index contributed by atoms with van der Waals surface area (Å²) in [6.07, 6.45) is -0.0305. The Labute approximate surface area is 280 Å². The van der Waals surface area contributed by atoms with Crippen molar-refractivity contribution in [1.29, 1.82) is 5.26 Å². The molecule has 48 heavy (non-hydrogen) atoms. The Hall–Kier alpha value is -4.95. The molecule has 10 nitrogen and oxygen atoms in total. The van der Waals surface area contributed by atoms with Crippen LogP contribution in [-0.4, -0.2) is 90.5 Å². The van der Waals surface area contributed by atoms with Gasteiger partial charge in [-0.1, -0.05) is 66.7 Å². The highest BCUT2D eigenvalue weighted by Gasteiger charge is 2.36. The fraction of sp³-hybridized carbons (Fsp3) is 0.405. The largest absolute Gasteiger partial charge is 0.462 e. The van der Waals surface area contributed by atoms with Gasteiger partial charge in [-0.15, -0.1) is 0 Å². The van der Waals surface area contributed by atoms with Crippen LogP contribution in [0.4, 0.5) is 20.7 Å². The van der Waals surface area contributed by atoms with Gasteiger partial charge in [-0.2, -0.15) is 15.2 Å². The van der Waals surface area contributed by atoms with Crippen LogP contribution in [0.25, 0.3) is 10.8 Å². The first-order valence-corrected chi connectivity index (χ1v) is 16.7. The molecule has 0 aliphatic carbocycles. The molecule has 7 rings (SSSR count). The summed E-state index contributed by atoms with van der Waals surface area (Å²) in [6.45, 7) is 3.66. The van der Waals surface area contributed by atoms with Crippen LogP contribution in [0.5, 0.6) is 6.01 Å². The Morgan fingerprint density at radius 3 is 2.60 bits per heavy atom. The van der Waals surface area contributed by atoms with E-state index >= 15 is 0 Å². The van der Waals surface area contributed by atoms with Gasteiger partial charge in [0.05, 0.1) is 36.8 Å². The number of nitrogens with zero attached hydrogens (tertiary/aromatic N) is 7. The number of fused-ring (bicyclic) bond motifs is 2. The van der Waals surface area contributed by atoms with E-state index in [9.17, 15) is 14.4 Å². The molecule has 1 amide bonds. The number of aromatic nitrogens is 2. The number of carbonyl (C=O) groups is 1. The molecule has 0 bridgehead atoms. The second-order valence-electron chi connectivity index (χ2n) is 12.8. The third kappa shape index (κ3) is 6.58. The van der Waals surface area contributed by atoms with E-state index in [2.05, 4.69) is 52.3 Å². The highest BCUT2D eigenvalue weighted by molar-refractivity contribution is 5.94. The lowest BCUT2D eigenvalue weighted by Gasteiger charge is -2.42. The molecule has 3 aliphatic rings. The third-order valence-electron chi connectivity index (χ3n) is 9.80. The van der Waals surface area contributed by atoms with Crippen molar-refractivity contribution < 1.29 is 18.7 Å². The van der Waals surface area contributed by atoms with Gasteiger partial charge in [-0.25, -0.2) is 9.18 Å². The molecule has 0 N–H and O–H groups in total. The van der Waals surface area contributed by atoms with Gasteiger partial charge in [-0.05, 0) is 36.9 Å². The average Bonchev–Trinajstić information content (AvgIpc) is 3.45. The lowest BCUT2D eigenvalue weighted by molar-refractivity contribution is 0.0767. The van der Waals surface area contributed by atoms with E-state index in [1.807, 2.05) is 48.3 Å². The smallest absolute Gasteiger partial charge is 0.410 e. The fourth-order valence-electron chi connectivity index (χ4n) is 7.13. The van der Waals surface area contributed by atoms with Crippen molar-refractivity contribution in [1.82, 2.24) is 19.8 Å². The molecular formula is C37H40FN7O3. The zero-order valence-electron chi connectivity index (χ0n) is 27.2. The lowest BCUT2D eigenvalue weighted by atomic mass is 10.0. The number of amides is 1. The molecule has 0 spiro atoms. The monoisotopic (exact) mass is 649 g/mol. The molecule has 11 heteroatoms. The number of hydrogen-bond acceptors (Lipinski definition) is 9. The number of halogens is 1. The number of carbonyl (C=O) groups excluding carboxylic acids is 1. The summed E-state index contributed by atoms with van der Waals surface area (Å²) in [5.74, 6) is 0.754. The molecule has 2 fully saturated rings. The Kier molecular flexibility index (Phi) is 9.25. The van der Waals surface area contributed by atoms with E-state index in [1.165, 1.54) is 10.8 Å². The molecule has 0 unspecified atom stereocenters. The first-order chi connectivity index (χ1) is 23.5. The van der Waals surface area contributed by atoms with Crippen LogP contribution in [0, 0.1) is 11.3 Å². The summed E-state index contributed by atoms with van der Waals surface area (Å²) in [7, 11) is 1.91. The Morgan fingerprint density at radius 2 is 1.79 bits per heavy atom. The normalized spacial score (nSPS) is 21.2. The SMILES string of the molecule is CN1CC[C@@H](F)[C@H]1COc1nc2c(c(N3CCN(C(=O)OCc4ccccc4)[C@@H](CC#N)C3)n1)CCN(c1cccc3ccccc13)C2. The quantitative estimate of drug-likeness (QED) is 0.250. The third-order valence-corrected chi connectivity index (χ3v) is 9.80. The molecule has 3 aromatic carbocycles. The zero-order chi connectivity index (χ0) is 33.0. The second kappa shape index (κ2) is 14.0. The van der Waals surface area contributed by atoms with Crippen molar-refractivity contribution >= 4 is 28.4 Å². The van der Waals surface area contributed by atoms with Gasteiger partial charge in [-0.3, -0.25) is 4.90 Å². The van der Waals surface area contributed by atoms with E-state index in [0.29, 0.717) is 45.6 Å². The number of hydrogen-bond donors (Lipinski definition) is 0. The van der Waals surface area contributed by atoms with E-state index in [1.54, 1.807) is 4.90 Å². The number of rotatable bonds is 8. The van der Waals surface area contributed by atoms with Crippen molar-refractivity contribution in [3.8, 4) is 12.1 Å². The van der Waals surface area contributed by atoms with Crippen molar-refractivity contribution in [2.45, 2.75) is 50.7 Å². The standard InChI is InChI=1S/C37H40FN7O3/c1-42-18-16-31(38)34(42)25-47-36-40-32-23-43(33-13-7-11-27-10-5-6-12-29(27)33)19-15-30(32)35(41-36)44-20-21-45(28(22-44)14-17-39)37(46)48-24-26-8-3-2-4-9-26/h2-13,28,31,34H,14-16,18-25H2,1H3/t28-,31+,34+/m0/s1. The lowest BCUT2D eigenvalue weighted by Crippen LogP contribution is -2.55. The van der Waals surface area contributed by atoms with Gasteiger partial charge in [0.2, 0.25) is 0 Å². The fourth-order valence-corrected chi connectivity index (χ4v) is 7.13. The van der Waals surface area contributed by atoms with Crippen molar-refractivity contribution in [2.24, 2.45) is 0 Å². The number of anilines is 2. The van der Waals surface area contributed by atoms with Crippen LogP contribution in [0.1, 0.15) is 29.7 Å². The average molecular weight is 650 g/mol. The summed E-state index contributed by atoms with van der Waals surface area (Å²) in [6, 6.07) is 26.0. The molecule has 4 aromatic rings. The Balaban J connectivity index is 1.15. The molecule has 248 valence electrons. The number of likely N-dealkylation sites (N-methyl/N-ethyl adjacent to an activating group) is 1. The summed E-state index contributed by atoms with van der Waals surface area (Å²) < 4.78 is 26.5. The van der Waals surface area contributed by atoms with E-state index in [4.69, 9.17) is 19.4 Å². The first-order valence-electron chi connectivity index (χ1n) is 16.7. The van der Waals surface area contributed by atoms with Crippen LogP contribution >= 0.6 is 0 Å². The number of benzene rings is 3. The van der Waals surface area contributed by atoms with Crippen molar-refractivity contribution in [3.63, 3.8) is 0 Å². The summed E-state index contributed by atoms with van der Waals surface area (Å²) in [5.41, 5.74) is 3.95. The predicted molar refractivity (Wildman–Crippen MR) is 182 cm³/mol. The van der Waals surface area contributed by atoms with Gasteiger partial charge >= 0.3 is 12.1 Å². The van der Waals surface area contributed by atoms with Gasteiger partial charge in [0.1, 0.15) is 25.2 Å². The topological polar surface area (TPSA) is 98.1 Å². The van der Waals surface area contributed by atoms with Crippen LogP contribution in [-0.2, 0) is 24.3 Å². The molecule has 4 heterocycles. The van der Waals surface area contributed by atoms with Gasteiger partial charge in [0.15, 0.2) is 0 Å². The van der Waals surface area contributed by atoms with Crippen LogP contribution in [0.2, 0.25) is 0 Å². The maximum absolute atomic E-state index is 14.7. The molecule has 0 radical (unpaired) electrons. The predicted octanol–water partition coefficient (Wildman–Crippen LogP) is 5.35. The molecular weight excluding hydrogens is 609 g/mol. The number of ether oxygens (including phenoxy) is 2. The highest BCUT2D eigenvalue weighted by Crippen LogP contribution is 2.35. The number of alkyl halides is 1. The Bertz CT molecular complexity index is 1790. The van der Waals surface area contributed by atoms with Crippen molar-refractivity contribution in [3.05, 3.63) is 89.6 Å². The van der Waals surface area contributed by atoms with Crippen LogP contribution in [0.15, 0.2) is 72.8 Å². The summed E-state index contributed by atoms with van der Waals surface area (Å²) in [4.78, 5) is 31.2. The van der Waals surface area contributed by atoms with Crippen LogP contribution in [0.3, 0.4) is 0 Å². The number of likely N-dealkylation sites (tertiary alicyclic amines) is 1. The van der Waals surface area contributed by atoms with E-state index < -0.39 is 12.3 Å². The molecule has 3 aliphatic heterocycles. The van der Waals surface area contributed by atoms with Crippen LogP contribution < -0.4 is 14.5 Å². The van der Waals surface area contributed by atoms with Gasteiger partial charge < -0.3 is 24.2 Å². The molecule has 0 saturated carbocycles. The summed E-state index contributed by atoms with van der Waals surface area (Å²) >= 11 is 0. The number of piperazine rings is 1. The molecule has 1 aromatic heterocycles. The highest BCUT2D eigenvalue weighted by atomic mass is 19.1. The van der Waals surface area contributed by atoms with Crippen molar-refractivity contribution in [2.75, 3.05) is 56.2 Å². The minimum atomic E-state index is -0.963.